The number of carbonyl (C=O) groups excluding carboxylic acids is 1. The van der Waals surface area contributed by atoms with Gasteiger partial charge in [0, 0.05) is 30.4 Å². The minimum atomic E-state index is -0.126. The van der Waals surface area contributed by atoms with E-state index in [1.165, 1.54) is 11.7 Å². The zero-order valence-corrected chi connectivity index (χ0v) is 16.1. The number of ether oxygens (including phenoxy) is 1. The van der Waals surface area contributed by atoms with Crippen LogP contribution in [0, 0.1) is 20.8 Å². The van der Waals surface area contributed by atoms with Crippen molar-refractivity contribution >= 4 is 17.6 Å². The molecular formula is C18H21N5O2S. The molecule has 0 aliphatic heterocycles. The normalized spacial score (nSPS) is 10.8. The van der Waals surface area contributed by atoms with Crippen LogP contribution in [0.15, 0.2) is 24.3 Å². The molecule has 0 aliphatic rings. The molecule has 1 aromatic carbocycles. The lowest BCUT2D eigenvalue weighted by Crippen LogP contribution is -2.23. The first-order valence-corrected chi connectivity index (χ1v) is 8.97. The van der Waals surface area contributed by atoms with Crippen molar-refractivity contribution < 1.29 is 9.53 Å². The van der Waals surface area contributed by atoms with E-state index in [0.29, 0.717) is 24.5 Å². The van der Waals surface area contributed by atoms with Gasteiger partial charge in [-0.25, -0.2) is 0 Å². The third kappa shape index (κ3) is 3.91. The maximum absolute atomic E-state index is 12.4. The molecule has 0 saturated carbocycles. The van der Waals surface area contributed by atoms with Gasteiger partial charge in [-0.15, -0.1) is 0 Å². The van der Waals surface area contributed by atoms with Gasteiger partial charge in [0.2, 0.25) is 0 Å². The van der Waals surface area contributed by atoms with E-state index in [9.17, 15) is 4.79 Å². The fourth-order valence-corrected chi connectivity index (χ4v) is 3.13. The van der Waals surface area contributed by atoms with Gasteiger partial charge in [0.15, 0.2) is 0 Å². The summed E-state index contributed by atoms with van der Waals surface area (Å²) in [5, 5.41) is 7.30. The Morgan fingerprint density at radius 2 is 1.88 bits per heavy atom. The fourth-order valence-electron chi connectivity index (χ4n) is 2.58. The number of nitrogens with one attached hydrogen (secondary N) is 1. The Morgan fingerprint density at radius 3 is 2.46 bits per heavy atom. The van der Waals surface area contributed by atoms with E-state index in [1.54, 1.807) is 24.3 Å². The number of aromatic nitrogens is 4. The molecule has 2 aromatic heterocycles. The minimum absolute atomic E-state index is 0.126. The highest BCUT2D eigenvalue weighted by Gasteiger charge is 2.12. The first-order valence-electron chi connectivity index (χ1n) is 8.24. The summed E-state index contributed by atoms with van der Waals surface area (Å²) in [6.45, 7) is 6.67. The van der Waals surface area contributed by atoms with Crippen LogP contribution in [-0.4, -0.2) is 24.4 Å². The molecule has 0 radical (unpaired) electrons. The Labute approximate surface area is 156 Å². The quantitative estimate of drug-likeness (QED) is 0.720. The van der Waals surface area contributed by atoms with Crippen molar-refractivity contribution in [1.29, 1.82) is 0 Å². The lowest BCUT2D eigenvalue weighted by molar-refractivity contribution is 0.0951. The van der Waals surface area contributed by atoms with Crippen LogP contribution in [0.5, 0.6) is 5.75 Å². The standard InChI is InChI=1S/C18H21N5O2S/c1-11-16(13(3)23(4)20-11)9-19-18(24)14-5-7-15(8-6-14)25-10-17-12(2)21-26-22-17/h5-8H,9-10H2,1-4H3,(H,19,24). The molecule has 8 heteroatoms. The molecule has 136 valence electrons. The maximum atomic E-state index is 12.4. The van der Waals surface area contributed by atoms with Crippen LogP contribution in [-0.2, 0) is 20.2 Å². The van der Waals surface area contributed by atoms with Crippen molar-refractivity contribution in [1.82, 2.24) is 23.8 Å². The molecule has 0 spiro atoms. The second-order valence-electron chi connectivity index (χ2n) is 6.07. The molecule has 0 fully saturated rings. The molecule has 2 heterocycles. The van der Waals surface area contributed by atoms with Gasteiger partial charge < -0.3 is 10.1 Å². The number of rotatable bonds is 6. The topological polar surface area (TPSA) is 81.9 Å². The summed E-state index contributed by atoms with van der Waals surface area (Å²) in [6, 6.07) is 7.06. The fraction of sp³-hybridized carbons (Fsp3) is 0.333. The lowest BCUT2D eigenvalue weighted by atomic mass is 10.1. The van der Waals surface area contributed by atoms with Gasteiger partial charge in [-0.2, -0.15) is 13.8 Å². The number of carbonyl (C=O) groups is 1. The van der Waals surface area contributed by atoms with Crippen LogP contribution < -0.4 is 10.1 Å². The van der Waals surface area contributed by atoms with E-state index >= 15 is 0 Å². The Balaban J connectivity index is 1.57. The van der Waals surface area contributed by atoms with E-state index in [4.69, 9.17) is 4.74 Å². The van der Waals surface area contributed by atoms with Crippen molar-refractivity contribution in [3.8, 4) is 5.75 Å². The Bertz CT molecular complexity index is 914. The summed E-state index contributed by atoms with van der Waals surface area (Å²) in [5.74, 6) is 0.562. The molecule has 1 N–H and O–H groups in total. The van der Waals surface area contributed by atoms with Crippen LogP contribution in [0.1, 0.15) is 38.7 Å². The van der Waals surface area contributed by atoms with Gasteiger partial charge in [-0.1, -0.05) is 0 Å². The van der Waals surface area contributed by atoms with Gasteiger partial charge in [0.25, 0.3) is 5.91 Å². The second kappa shape index (κ2) is 7.65. The first kappa shape index (κ1) is 18.1. The Kier molecular flexibility index (Phi) is 5.32. The summed E-state index contributed by atoms with van der Waals surface area (Å²) >= 11 is 1.18. The summed E-state index contributed by atoms with van der Waals surface area (Å²) in [7, 11) is 1.90. The van der Waals surface area contributed by atoms with E-state index < -0.39 is 0 Å². The highest BCUT2D eigenvalue weighted by Crippen LogP contribution is 2.16. The molecule has 0 aliphatic carbocycles. The van der Waals surface area contributed by atoms with E-state index in [1.807, 2.05) is 32.5 Å². The molecule has 3 aromatic rings. The number of benzene rings is 1. The second-order valence-corrected chi connectivity index (χ2v) is 6.59. The maximum Gasteiger partial charge on any atom is 0.251 e. The van der Waals surface area contributed by atoms with Crippen molar-refractivity contribution in [3.63, 3.8) is 0 Å². The average molecular weight is 371 g/mol. The Morgan fingerprint density at radius 1 is 1.15 bits per heavy atom. The predicted molar refractivity (Wildman–Crippen MR) is 99.3 cm³/mol. The zero-order valence-electron chi connectivity index (χ0n) is 15.2. The highest BCUT2D eigenvalue weighted by molar-refractivity contribution is 6.99. The third-order valence-electron chi connectivity index (χ3n) is 4.32. The van der Waals surface area contributed by atoms with Gasteiger partial charge in [0.05, 0.1) is 23.1 Å². The number of aryl methyl sites for hydroxylation is 3. The molecule has 7 nitrogen and oxygen atoms in total. The molecule has 26 heavy (non-hydrogen) atoms. The van der Waals surface area contributed by atoms with Gasteiger partial charge >= 0.3 is 0 Å². The predicted octanol–water partition coefficient (Wildman–Crippen LogP) is 2.71. The molecule has 0 saturated heterocycles. The monoisotopic (exact) mass is 371 g/mol. The summed E-state index contributed by atoms with van der Waals surface area (Å²) in [4.78, 5) is 12.4. The number of hydrogen-bond acceptors (Lipinski definition) is 6. The van der Waals surface area contributed by atoms with Gasteiger partial charge in [0.1, 0.15) is 18.1 Å². The van der Waals surface area contributed by atoms with E-state index in [0.717, 1.165) is 28.3 Å². The molecule has 3 rings (SSSR count). The van der Waals surface area contributed by atoms with Crippen LogP contribution >= 0.6 is 11.7 Å². The number of hydrogen-bond donors (Lipinski definition) is 1. The molecule has 0 bridgehead atoms. The Hall–Kier alpha value is -2.74. The van der Waals surface area contributed by atoms with Crippen molar-refractivity contribution in [3.05, 3.63) is 58.2 Å². The SMILES string of the molecule is Cc1nsnc1COc1ccc(C(=O)NCc2c(C)nn(C)c2C)cc1. The van der Waals surface area contributed by atoms with Crippen LogP contribution in [0.4, 0.5) is 0 Å². The molecule has 1 amide bonds. The minimum Gasteiger partial charge on any atom is -0.487 e. The first-order chi connectivity index (χ1) is 12.5. The molecule has 0 unspecified atom stereocenters. The van der Waals surface area contributed by atoms with Crippen molar-refractivity contribution in [2.45, 2.75) is 33.9 Å². The average Bonchev–Trinajstić information content (AvgIpc) is 3.14. The molecular weight excluding hydrogens is 350 g/mol. The van der Waals surface area contributed by atoms with Crippen LogP contribution in [0.3, 0.4) is 0 Å². The largest absolute Gasteiger partial charge is 0.487 e. The smallest absolute Gasteiger partial charge is 0.251 e. The summed E-state index contributed by atoms with van der Waals surface area (Å²) in [5.41, 5.74) is 5.33. The highest BCUT2D eigenvalue weighted by atomic mass is 32.1. The summed E-state index contributed by atoms with van der Waals surface area (Å²) < 4.78 is 15.8. The third-order valence-corrected chi connectivity index (χ3v) is 4.98. The summed E-state index contributed by atoms with van der Waals surface area (Å²) in [6.07, 6.45) is 0. The number of amides is 1. The van der Waals surface area contributed by atoms with Crippen LogP contribution in [0.25, 0.3) is 0 Å². The zero-order chi connectivity index (χ0) is 18.7. The van der Waals surface area contributed by atoms with Gasteiger partial charge in [-0.05, 0) is 45.0 Å². The van der Waals surface area contributed by atoms with Crippen molar-refractivity contribution in [2.75, 3.05) is 0 Å². The van der Waals surface area contributed by atoms with Gasteiger partial charge in [-0.3, -0.25) is 9.48 Å². The van der Waals surface area contributed by atoms with E-state index in [-0.39, 0.29) is 5.91 Å². The molecule has 0 atom stereocenters. The van der Waals surface area contributed by atoms with Crippen molar-refractivity contribution in [2.24, 2.45) is 7.05 Å². The lowest BCUT2D eigenvalue weighted by Gasteiger charge is -2.08. The number of nitrogens with zero attached hydrogens (tertiary/aromatic N) is 4. The van der Waals surface area contributed by atoms with Crippen LogP contribution in [0.2, 0.25) is 0 Å². The van der Waals surface area contributed by atoms with E-state index in [2.05, 4.69) is 19.2 Å².